The zero-order valence-corrected chi connectivity index (χ0v) is 16.8. The van der Waals surface area contributed by atoms with Gasteiger partial charge in [-0.15, -0.1) is 0 Å². The van der Waals surface area contributed by atoms with Crippen LogP contribution in [-0.4, -0.2) is 27.0 Å². The number of amides is 1. The van der Waals surface area contributed by atoms with Gasteiger partial charge in [0.2, 0.25) is 15.9 Å². The fourth-order valence-corrected chi connectivity index (χ4v) is 3.83. The van der Waals surface area contributed by atoms with Crippen LogP contribution in [0.5, 0.6) is 5.75 Å². The Labute approximate surface area is 167 Å². The van der Waals surface area contributed by atoms with Crippen molar-refractivity contribution in [1.29, 1.82) is 0 Å². The van der Waals surface area contributed by atoms with Gasteiger partial charge in [-0.1, -0.05) is 12.1 Å². The first-order valence-corrected chi connectivity index (χ1v) is 10.2. The molecule has 1 amide bonds. The lowest BCUT2D eigenvalue weighted by atomic mass is 10.1. The first-order chi connectivity index (χ1) is 13.5. The molecule has 0 heterocycles. The summed E-state index contributed by atoms with van der Waals surface area (Å²) in [7, 11) is -4.08. The van der Waals surface area contributed by atoms with Crippen molar-refractivity contribution in [1.82, 2.24) is 4.72 Å². The third-order valence-electron chi connectivity index (χ3n) is 3.97. The van der Waals surface area contributed by atoms with Crippen LogP contribution < -0.4 is 14.8 Å². The number of ether oxygens (including phenoxy) is 1. The summed E-state index contributed by atoms with van der Waals surface area (Å²) in [5, 5.41) is 2.12. The number of hydrogen-bond donors (Lipinski definition) is 2. The highest BCUT2D eigenvalue weighted by Gasteiger charge is 2.34. The van der Waals surface area contributed by atoms with Crippen molar-refractivity contribution in [3.8, 4) is 5.75 Å². The molecule has 29 heavy (non-hydrogen) atoms. The van der Waals surface area contributed by atoms with E-state index in [4.69, 9.17) is 4.74 Å². The van der Waals surface area contributed by atoms with Gasteiger partial charge in [0.15, 0.2) is 0 Å². The van der Waals surface area contributed by atoms with E-state index >= 15 is 0 Å². The average Bonchev–Trinajstić information content (AvgIpc) is 2.62. The normalized spacial score (nSPS) is 13.0. The molecule has 0 spiro atoms. The minimum Gasteiger partial charge on any atom is -0.494 e. The van der Waals surface area contributed by atoms with Gasteiger partial charge in [0.05, 0.1) is 28.8 Å². The number of para-hydroxylation sites is 1. The number of benzene rings is 2. The summed E-state index contributed by atoms with van der Waals surface area (Å²) in [6.45, 7) is 5.13. The standard InChI is InChI=1S/C19H21F3N2O4S/c1-4-28-17-10-9-14(11-12(17)2)29(26,27)24-13(3)18(25)23-16-8-6-5-7-15(16)19(20,21)22/h5-11,13,24H,4H2,1-3H3,(H,23,25)/t13-/m1/s1. The molecule has 2 N–H and O–H groups in total. The number of anilines is 1. The first-order valence-electron chi connectivity index (χ1n) is 8.68. The van der Waals surface area contributed by atoms with Crippen molar-refractivity contribution in [2.45, 2.75) is 37.9 Å². The second-order valence-electron chi connectivity index (χ2n) is 6.24. The van der Waals surface area contributed by atoms with Crippen molar-refractivity contribution < 1.29 is 31.1 Å². The summed E-state index contributed by atoms with van der Waals surface area (Å²) in [5.41, 5.74) is -0.885. The van der Waals surface area contributed by atoms with E-state index in [0.717, 1.165) is 12.1 Å². The van der Waals surface area contributed by atoms with Crippen LogP contribution in [0.1, 0.15) is 25.0 Å². The van der Waals surface area contributed by atoms with Gasteiger partial charge in [0.25, 0.3) is 0 Å². The number of rotatable bonds is 7. The van der Waals surface area contributed by atoms with Gasteiger partial charge in [-0.2, -0.15) is 17.9 Å². The fraction of sp³-hybridized carbons (Fsp3) is 0.316. The van der Waals surface area contributed by atoms with Crippen molar-refractivity contribution >= 4 is 21.6 Å². The second kappa shape index (κ2) is 8.83. The summed E-state index contributed by atoms with van der Waals surface area (Å²) in [4.78, 5) is 12.2. The first kappa shape index (κ1) is 22.7. The third kappa shape index (κ3) is 5.70. The summed E-state index contributed by atoms with van der Waals surface area (Å²) in [6.07, 6.45) is -4.66. The molecule has 1 atom stereocenters. The largest absolute Gasteiger partial charge is 0.494 e. The molecular formula is C19H21F3N2O4S. The van der Waals surface area contributed by atoms with E-state index in [2.05, 4.69) is 10.0 Å². The topological polar surface area (TPSA) is 84.5 Å². The minimum absolute atomic E-state index is 0.0891. The Balaban J connectivity index is 2.16. The highest BCUT2D eigenvalue weighted by molar-refractivity contribution is 7.89. The van der Waals surface area contributed by atoms with Crippen molar-refractivity contribution in [3.05, 3.63) is 53.6 Å². The summed E-state index contributed by atoms with van der Waals surface area (Å²) < 4.78 is 71.7. The zero-order valence-electron chi connectivity index (χ0n) is 16.0. The third-order valence-corrected chi connectivity index (χ3v) is 5.51. The average molecular weight is 430 g/mol. The smallest absolute Gasteiger partial charge is 0.418 e. The molecule has 0 saturated heterocycles. The number of sulfonamides is 1. The molecule has 0 aromatic heterocycles. The van der Waals surface area contributed by atoms with Crippen LogP contribution in [0, 0.1) is 6.92 Å². The Morgan fingerprint density at radius 2 is 1.83 bits per heavy atom. The predicted octanol–water partition coefficient (Wildman–Crippen LogP) is 3.72. The van der Waals surface area contributed by atoms with Crippen LogP contribution in [0.25, 0.3) is 0 Å². The summed E-state index contributed by atoms with van der Waals surface area (Å²) >= 11 is 0. The molecule has 0 bridgehead atoms. The highest BCUT2D eigenvalue weighted by atomic mass is 32.2. The van der Waals surface area contributed by atoms with Crippen LogP contribution in [0.3, 0.4) is 0 Å². The van der Waals surface area contributed by atoms with E-state index in [0.29, 0.717) is 17.9 Å². The lowest BCUT2D eigenvalue weighted by molar-refractivity contribution is -0.137. The number of halogens is 3. The van der Waals surface area contributed by atoms with Gasteiger partial charge in [-0.25, -0.2) is 8.42 Å². The minimum atomic E-state index is -4.66. The molecule has 10 heteroatoms. The molecule has 0 radical (unpaired) electrons. The van der Waals surface area contributed by atoms with Crippen molar-refractivity contribution in [3.63, 3.8) is 0 Å². The number of carbonyl (C=O) groups is 1. The Kier molecular flexibility index (Phi) is 6.91. The van der Waals surface area contributed by atoms with Crippen LogP contribution >= 0.6 is 0 Å². The van der Waals surface area contributed by atoms with Gasteiger partial charge in [-0.05, 0) is 56.7 Å². The molecule has 0 unspecified atom stereocenters. The van der Waals surface area contributed by atoms with E-state index in [9.17, 15) is 26.4 Å². The van der Waals surface area contributed by atoms with Crippen LogP contribution in [0.15, 0.2) is 47.4 Å². The van der Waals surface area contributed by atoms with Crippen LogP contribution in [0.4, 0.5) is 18.9 Å². The van der Waals surface area contributed by atoms with E-state index in [1.807, 2.05) is 0 Å². The maximum Gasteiger partial charge on any atom is 0.418 e. The van der Waals surface area contributed by atoms with E-state index < -0.39 is 39.4 Å². The number of alkyl halides is 3. The van der Waals surface area contributed by atoms with Gasteiger partial charge in [-0.3, -0.25) is 4.79 Å². The van der Waals surface area contributed by atoms with E-state index in [1.165, 1.54) is 37.3 Å². The SMILES string of the molecule is CCOc1ccc(S(=O)(=O)N[C@H](C)C(=O)Nc2ccccc2C(F)(F)F)cc1C. The summed E-state index contributed by atoms with van der Waals surface area (Å²) in [6, 6.07) is 7.35. The lowest BCUT2D eigenvalue weighted by Gasteiger charge is -2.17. The molecular weight excluding hydrogens is 409 g/mol. The van der Waals surface area contributed by atoms with Gasteiger partial charge in [0.1, 0.15) is 5.75 Å². The molecule has 0 fully saturated rings. The maximum atomic E-state index is 13.0. The quantitative estimate of drug-likeness (QED) is 0.701. The Morgan fingerprint density at radius 1 is 1.17 bits per heavy atom. The highest BCUT2D eigenvalue weighted by Crippen LogP contribution is 2.34. The Morgan fingerprint density at radius 3 is 2.41 bits per heavy atom. The monoisotopic (exact) mass is 430 g/mol. The fourth-order valence-electron chi connectivity index (χ4n) is 2.54. The maximum absolute atomic E-state index is 13.0. The van der Waals surface area contributed by atoms with Gasteiger partial charge in [0, 0.05) is 0 Å². The second-order valence-corrected chi connectivity index (χ2v) is 7.95. The van der Waals surface area contributed by atoms with E-state index in [-0.39, 0.29) is 4.90 Å². The van der Waals surface area contributed by atoms with Crippen LogP contribution in [0.2, 0.25) is 0 Å². The Hall–Kier alpha value is -2.59. The van der Waals surface area contributed by atoms with Crippen molar-refractivity contribution in [2.75, 3.05) is 11.9 Å². The zero-order chi connectivity index (χ0) is 21.8. The number of aryl methyl sites for hydroxylation is 1. The predicted molar refractivity (Wildman–Crippen MR) is 102 cm³/mol. The molecule has 2 aromatic carbocycles. The van der Waals surface area contributed by atoms with Gasteiger partial charge < -0.3 is 10.1 Å². The van der Waals surface area contributed by atoms with Crippen LogP contribution in [-0.2, 0) is 21.0 Å². The number of carbonyl (C=O) groups excluding carboxylic acids is 1. The lowest BCUT2D eigenvalue weighted by Crippen LogP contribution is -2.41. The molecule has 0 aliphatic carbocycles. The van der Waals surface area contributed by atoms with E-state index in [1.54, 1.807) is 13.8 Å². The molecule has 0 aliphatic rings. The number of nitrogens with one attached hydrogen (secondary N) is 2. The summed E-state index contributed by atoms with van der Waals surface area (Å²) in [5.74, 6) is -0.395. The molecule has 6 nitrogen and oxygen atoms in total. The molecule has 0 aliphatic heterocycles. The number of hydrogen-bond acceptors (Lipinski definition) is 4. The van der Waals surface area contributed by atoms with Crippen molar-refractivity contribution in [2.24, 2.45) is 0 Å². The van der Waals surface area contributed by atoms with Gasteiger partial charge >= 0.3 is 6.18 Å². The Bertz CT molecular complexity index is 991. The molecule has 2 rings (SSSR count). The molecule has 0 saturated carbocycles. The molecule has 2 aromatic rings. The molecule has 158 valence electrons.